The monoisotopic (exact) mass is 517 g/mol. The van der Waals surface area contributed by atoms with Crippen LogP contribution < -0.4 is 16.0 Å². The van der Waals surface area contributed by atoms with E-state index in [0.29, 0.717) is 36.3 Å². The third-order valence-corrected chi connectivity index (χ3v) is 3.86. The molecule has 9 heteroatoms. The number of aromatic nitrogens is 1. The minimum absolute atomic E-state index is 0. The van der Waals surface area contributed by atoms with Gasteiger partial charge in [-0.25, -0.2) is 4.98 Å². The van der Waals surface area contributed by atoms with E-state index in [1.165, 1.54) is 12.1 Å². The molecule has 1 heterocycles. The first-order valence-corrected chi connectivity index (χ1v) is 9.16. The second kappa shape index (κ2) is 13.2. The fourth-order valence-electron chi connectivity index (χ4n) is 2.26. The van der Waals surface area contributed by atoms with Crippen molar-refractivity contribution in [2.45, 2.75) is 13.3 Å². The van der Waals surface area contributed by atoms with Crippen molar-refractivity contribution in [1.29, 1.82) is 0 Å². The van der Waals surface area contributed by atoms with Crippen molar-refractivity contribution in [2.75, 3.05) is 26.2 Å². The van der Waals surface area contributed by atoms with E-state index in [4.69, 9.17) is 11.6 Å². The quantitative estimate of drug-likeness (QED) is 0.142. The largest absolute Gasteiger partial charge is 0.508 e. The number of aliphatic imine (C=N–C) groups is 1. The van der Waals surface area contributed by atoms with Gasteiger partial charge >= 0.3 is 0 Å². The Balaban J connectivity index is 0.00000392. The zero-order valence-corrected chi connectivity index (χ0v) is 18.7. The number of nitrogens with zero attached hydrogens (tertiary/aromatic N) is 2. The van der Waals surface area contributed by atoms with E-state index in [9.17, 15) is 9.90 Å². The summed E-state index contributed by atoms with van der Waals surface area (Å²) in [4.78, 5) is 20.6. The average Bonchev–Trinajstić information content (AvgIpc) is 2.67. The zero-order valence-electron chi connectivity index (χ0n) is 15.6. The number of aromatic hydroxyl groups is 1. The Kier molecular flexibility index (Phi) is 11.3. The maximum absolute atomic E-state index is 12.0. The minimum atomic E-state index is -0.186. The molecule has 0 aliphatic rings. The Labute approximate surface area is 187 Å². The summed E-state index contributed by atoms with van der Waals surface area (Å²) >= 11 is 5.78. The first kappa shape index (κ1) is 24.0. The lowest BCUT2D eigenvalue weighted by molar-refractivity contribution is 0.0954. The summed E-state index contributed by atoms with van der Waals surface area (Å²) < 4.78 is 0. The third kappa shape index (κ3) is 8.75. The molecule has 0 unspecified atom stereocenters. The van der Waals surface area contributed by atoms with Gasteiger partial charge in [-0.2, -0.15) is 0 Å². The van der Waals surface area contributed by atoms with Crippen LogP contribution in [0.1, 0.15) is 22.8 Å². The first-order chi connectivity index (χ1) is 13.1. The Hall–Kier alpha value is -2.07. The molecule has 0 spiro atoms. The number of phenols is 1. The number of benzene rings is 1. The summed E-state index contributed by atoms with van der Waals surface area (Å²) in [6, 6.07) is 9.83. The van der Waals surface area contributed by atoms with Crippen molar-refractivity contribution in [3.8, 4) is 5.75 Å². The molecule has 0 radical (unpaired) electrons. The zero-order chi connectivity index (χ0) is 19.5. The van der Waals surface area contributed by atoms with E-state index >= 15 is 0 Å². The lowest BCUT2D eigenvalue weighted by Crippen LogP contribution is -2.41. The van der Waals surface area contributed by atoms with E-state index in [1.54, 1.807) is 24.4 Å². The second-order valence-corrected chi connectivity index (χ2v) is 6.12. The number of guanidine groups is 1. The van der Waals surface area contributed by atoms with Crippen LogP contribution in [0.25, 0.3) is 0 Å². The summed E-state index contributed by atoms with van der Waals surface area (Å²) in [6.45, 7) is 4.34. The smallest absolute Gasteiger partial charge is 0.251 e. The standard InChI is InChI=1S/C19H24ClN5O2.HI/c1-2-21-19(23-10-9-14-3-8-17(20)25-13-14)24-12-11-22-18(27)15-4-6-16(26)7-5-15;/h3-8,13,26H,2,9-12H2,1H3,(H,22,27)(H2,21,23,24);1H. The van der Waals surface area contributed by atoms with Crippen LogP contribution in [0.2, 0.25) is 5.15 Å². The molecule has 0 bridgehead atoms. The van der Waals surface area contributed by atoms with Crippen molar-refractivity contribution >= 4 is 47.4 Å². The normalized spacial score (nSPS) is 10.7. The van der Waals surface area contributed by atoms with Crippen LogP contribution >= 0.6 is 35.6 Å². The molecule has 1 amide bonds. The van der Waals surface area contributed by atoms with E-state index in [0.717, 1.165) is 18.5 Å². The van der Waals surface area contributed by atoms with Crippen LogP contribution in [0, 0.1) is 0 Å². The van der Waals surface area contributed by atoms with Gasteiger partial charge in [-0.05, 0) is 49.2 Å². The van der Waals surface area contributed by atoms with Crippen LogP contribution in [0.15, 0.2) is 47.6 Å². The van der Waals surface area contributed by atoms with Gasteiger partial charge < -0.3 is 21.1 Å². The number of halogens is 2. The van der Waals surface area contributed by atoms with Crippen LogP contribution in [-0.2, 0) is 6.42 Å². The number of rotatable bonds is 8. The van der Waals surface area contributed by atoms with Gasteiger partial charge in [-0.15, -0.1) is 24.0 Å². The molecule has 152 valence electrons. The Morgan fingerprint density at radius 1 is 1.11 bits per heavy atom. The van der Waals surface area contributed by atoms with Gasteiger partial charge in [0.15, 0.2) is 5.96 Å². The number of nitrogens with one attached hydrogen (secondary N) is 3. The lowest BCUT2D eigenvalue weighted by atomic mass is 10.2. The molecule has 0 aliphatic heterocycles. The predicted octanol–water partition coefficient (Wildman–Crippen LogP) is 2.59. The number of hydrogen-bond acceptors (Lipinski definition) is 4. The summed E-state index contributed by atoms with van der Waals surface area (Å²) in [6.07, 6.45) is 2.51. The molecule has 2 aromatic rings. The lowest BCUT2D eigenvalue weighted by Gasteiger charge is -2.12. The fourth-order valence-corrected chi connectivity index (χ4v) is 2.38. The summed E-state index contributed by atoms with van der Waals surface area (Å²) in [5.74, 6) is 0.640. The van der Waals surface area contributed by atoms with Crippen molar-refractivity contribution in [3.05, 3.63) is 58.9 Å². The van der Waals surface area contributed by atoms with E-state index < -0.39 is 0 Å². The van der Waals surface area contributed by atoms with Crippen LogP contribution in [0.5, 0.6) is 5.75 Å². The maximum Gasteiger partial charge on any atom is 0.251 e. The van der Waals surface area contributed by atoms with Crippen LogP contribution in [0.3, 0.4) is 0 Å². The summed E-state index contributed by atoms with van der Waals surface area (Å²) in [7, 11) is 0. The Morgan fingerprint density at radius 2 is 1.82 bits per heavy atom. The molecule has 0 fully saturated rings. The molecular formula is C19H25ClIN5O2. The van der Waals surface area contributed by atoms with Gasteiger partial charge in [0.25, 0.3) is 5.91 Å². The summed E-state index contributed by atoms with van der Waals surface area (Å²) in [5, 5.41) is 18.9. The number of carbonyl (C=O) groups excluding carboxylic acids is 1. The fraction of sp³-hybridized carbons (Fsp3) is 0.316. The van der Waals surface area contributed by atoms with Crippen molar-refractivity contribution in [3.63, 3.8) is 0 Å². The number of hydrogen-bond donors (Lipinski definition) is 4. The minimum Gasteiger partial charge on any atom is -0.508 e. The van der Waals surface area contributed by atoms with Gasteiger partial charge in [-0.3, -0.25) is 9.79 Å². The van der Waals surface area contributed by atoms with E-state index in [-0.39, 0.29) is 35.6 Å². The Morgan fingerprint density at radius 3 is 2.46 bits per heavy atom. The predicted molar refractivity (Wildman–Crippen MR) is 123 cm³/mol. The molecule has 0 aliphatic carbocycles. The molecular weight excluding hydrogens is 493 g/mol. The van der Waals surface area contributed by atoms with Crippen molar-refractivity contribution < 1.29 is 9.90 Å². The molecule has 4 N–H and O–H groups in total. The molecule has 0 atom stereocenters. The SMILES string of the molecule is CCNC(=NCCc1ccc(Cl)nc1)NCCNC(=O)c1ccc(O)cc1.I. The number of carbonyl (C=O) groups is 1. The number of amides is 1. The molecule has 7 nitrogen and oxygen atoms in total. The molecule has 0 saturated carbocycles. The third-order valence-electron chi connectivity index (χ3n) is 3.64. The second-order valence-electron chi connectivity index (χ2n) is 5.73. The van der Waals surface area contributed by atoms with Crippen molar-refractivity contribution in [2.24, 2.45) is 4.99 Å². The Bertz CT molecular complexity index is 754. The topological polar surface area (TPSA) is 98.6 Å². The highest BCUT2D eigenvalue weighted by Gasteiger charge is 2.04. The van der Waals surface area contributed by atoms with Gasteiger partial charge in [0, 0.05) is 37.9 Å². The van der Waals surface area contributed by atoms with Gasteiger partial charge in [0.05, 0.1) is 0 Å². The van der Waals surface area contributed by atoms with E-state index in [1.807, 2.05) is 13.0 Å². The van der Waals surface area contributed by atoms with Gasteiger partial charge in [-0.1, -0.05) is 17.7 Å². The molecule has 0 saturated heterocycles. The molecule has 2 rings (SSSR count). The van der Waals surface area contributed by atoms with Crippen LogP contribution in [-0.4, -0.2) is 48.1 Å². The van der Waals surface area contributed by atoms with Crippen molar-refractivity contribution in [1.82, 2.24) is 20.9 Å². The molecule has 1 aromatic heterocycles. The first-order valence-electron chi connectivity index (χ1n) is 8.78. The highest BCUT2D eigenvalue weighted by atomic mass is 127. The summed E-state index contributed by atoms with van der Waals surface area (Å²) in [5.41, 5.74) is 1.57. The highest BCUT2D eigenvalue weighted by Crippen LogP contribution is 2.09. The van der Waals surface area contributed by atoms with E-state index in [2.05, 4.69) is 25.9 Å². The highest BCUT2D eigenvalue weighted by molar-refractivity contribution is 14.0. The maximum atomic E-state index is 12.0. The molecule has 1 aromatic carbocycles. The number of pyridine rings is 1. The average molecular weight is 518 g/mol. The van der Waals surface area contributed by atoms with Crippen LogP contribution in [0.4, 0.5) is 0 Å². The van der Waals surface area contributed by atoms with Gasteiger partial charge in [0.2, 0.25) is 0 Å². The number of phenolic OH excluding ortho intramolecular Hbond substituents is 1. The molecule has 28 heavy (non-hydrogen) atoms. The van der Waals surface area contributed by atoms with Gasteiger partial charge in [0.1, 0.15) is 10.9 Å².